The summed E-state index contributed by atoms with van der Waals surface area (Å²) < 4.78 is -1.58. The number of primary amides is 2. The van der Waals surface area contributed by atoms with Crippen LogP contribution in [0.1, 0.15) is 0 Å². The molecule has 6 heteroatoms. The van der Waals surface area contributed by atoms with Crippen LogP contribution in [0.4, 0.5) is 0 Å². The molecule has 0 heterocycles. The van der Waals surface area contributed by atoms with Crippen LogP contribution in [0.2, 0.25) is 0 Å². The van der Waals surface area contributed by atoms with Gasteiger partial charge in [0.1, 0.15) is 0 Å². The Balaban J connectivity index is 2.38. The van der Waals surface area contributed by atoms with E-state index in [9.17, 15) is 9.59 Å². The van der Waals surface area contributed by atoms with E-state index >= 15 is 0 Å². The molecular weight excluding hydrogens is 304 g/mol. The summed E-state index contributed by atoms with van der Waals surface area (Å²) in [5, 5.41) is 0. The molecule has 0 spiro atoms. The average molecular weight is 318 g/mol. The van der Waals surface area contributed by atoms with Gasteiger partial charge in [-0.3, -0.25) is 9.59 Å². The Labute approximate surface area is 131 Å². The number of hydrogen-bond donors (Lipinski definition) is 2. The predicted octanol–water partition coefficient (Wildman–Crippen LogP) is 2.24. The molecule has 2 rings (SSSR count). The Morgan fingerprint density at radius 3 is 1.33 bits per heavy atom. The van der Waals surface area contributed by atoms with Gasteiger partial charge in [0.05, 0.1) is 0 Å². The van der Waals surface area contributed by atoms with Crippen molar-refractivity contribution in [2.75, 3.05) is 0 Å². The second-order valence-corrected chi connectivity index (χ2v) is 7.01. The SMILES string of the molecule is NC(=O)C(Sc1ccccc1)(Sc1ccccc1)C(N)=O. The molecule has 4 N–H and O–H groups in total. The van der Waals surface area contributed by atoms with Gasteiger partial charge in [0.2, 0.25) is 4.08 Å². The summed E-state index contributed by atoms with van der Waals surface area (Å²) in [6.45, 7) is 0. The zero-order valence-corrected chi connectivity index (χ0v) is 12.7. The fourth-order valence-electron chi connectivity index (χ4n) is 1.65. The summed E-state index contributed by atoms with van der Waals surface area (Å²) in [5.41, 5.74) is 11.0. The van der Waals surface area contributed by atoms with E-state index in [2.05, 4.69) is 0 Å². The third-order valence-corrected chi connectivity index (χ3v) is 5.55. The maximum atomic E-state index is 12.0. The van der Waals surface area contributed by atoms with Gasteiger partial charge in [-0.05, 0) is 24.3 Å². The summed E-state index contributed by atoms with van der Waals surface area (Å²) in [7, 11) is 0. The number of benzene rings is 2. The Hall–Kier alpha value is -1.92. The van der Waals surface area contributed by atoms with E-state index in [0.29, 0.717) is 0 Å². The largest absolute Gasteiger partial charge is 0.367 e. The molecule has 21 heavy (non-hydrogen) atoms. The minimum Gasteiger partial charge on any atom is -0.367 e. The lowest BCUT2D eigenvalue weighted by Crippen LogP contribution is -2.48. The Kier molecular flexibility index (Phi) is 4.93. The maximum Gasteiger partial charge on any atom is 0.254 e. The molecule has 0 bridgehead atoms. The molecule has 0 atom stereocenters. The van der Waals surface area contributed by atoms with Crippen molar-refractivity contribution in [1.82, 2.24) is 0 Å². The van der Waals surface area contributed by atoms with Gasteiger partial charge in [-0.25, -0.2) is 0 Å². The molecule has 2 aromatic rings. The second kappa shape index (κ2) is 6.69. The van der Waals surface area contributed by atoms with Crippen LogP contribution >= 0.6 is 23.5 Å². The molecule has 0 saturated carbocycles. The third-order valence-electron chi connectivity index (χ3n) is 2.66. The number of amides is 2. The average Bonchev–Trinajstić information content (AvgIpc) is 2.48. The first-order valence-corrected chi connectivity index (χ1v) is 7.76. The minimum absolute atomic E-state index is 0.749. The molecule has 0 saturated heterocycles. The Morgan fingerprint density at radius 2 is 1.05 bits per heavy atom. The molecule has 4 nitrogen and oxygen atoms in total. The van der Waals surface area contributed by atoms with Crippen molar-refractivity contribution in [2.45, 2.75) is 13.9 Å². The fraction of sp³-hybridized carbons (Fsp3) is 0.0667. The van der Waals surface area contributed by atoms with Crippen LogP contribution in [0.5, 0.6) is 0 Å². The summed E-state index contributed by atoms with van der Waals surface area (Å²) in [5.74, 6) is -1.53. The highest BCUT2D eigenvalue weighted by atomic mass is 32.2. The van der Waals surface area contributed by atoms with Crippen LogP contribution in [0.15, 0.2) is 70.5 Å². The van der Waals surface area contributed by atoms with Gasteiger partial charge in [0.15, 0.2) is 0 Å². The molecule has 108 valence electrons. The molecule has 0 fully saturated rings. The van der Waals surface area contributed by atoms with Crippen LogP contribution in [0.3, 0.4) is 0 Å². The normalized spacial score (nSPS) is 11.0. The molecule has 2 aromatic carbocycles. The first-order valence-electron chi connectivity index (χ1n) is 6.12. The fourth-order valence-corrected chi connectivity index (χ4v) is 4.05. The molecule has 2 amide bonds. The van der Waals surface area contributed by atoms with Crippen molar-refractivity contribution < 1.29 is 9.59 Å². The van der Waals surface area contributed by atoms with Crippen molar-refractivity contribution >= 4 is 35.3 Å². The van der Waals surface area contributed by atoms with Gasteiger partial charge < -0.3 is 11.5 Å². The number of rotatable bonds is 6. The summed E-state index contributed by atoms with van der Waals surface area (Å²) >= 11 is 2.12. The Bertz CT molecular complexity index is 575. The van der Waals surface area contributed by atoms with E-state index in [1.54, 1.807) is 24.3 Å². The van der Waals surface area contributed by atoms with Gasteiger partial charge in [-0.15, -0.1) is 0 Å². The summed E-state index contributed by atoms with van der Waals surface area (Å²) in [6.07, 6.45) is 0. The van der Waals surface area contributed by atoms with Gasteiger partial charge in [0.25, 0.3) is 11.8 Å². The van der Waals surface area contributed by atoms with Crippen molar-refractivity contribution in [3.8, 4) is 0 Å². The standard InChI is InChI=1S/C15H14N2O2S2/c16-13(18)15(14(17)19,20-11-7-3-1-4-8-11)21-12-9-5-2-6-10-12/h1-10H,(H2,16,18)(H2,17,19). The third kappa shape index (κ3) is 3.59. The van der Waals surface area contributed by atoms with E-state index in [1.807, 2.05) is 36.4 Å². The highest BCUT2D eigenvalue weighted by Crippen LogP contribution is 2.45. The van der Waals surface area contributed by atoms with E-state index in [-0.39, 0.29) is 0 Å². The summed E-state index contributed by atoms with van der Waals surface area (Å²) in [4.78, 5) is 25.4. The van der Waals surface area contributed by atoms with Crippen molar-refractivity contribution in [3.05, 3.63) is 60.7 Å². The van der Waals surface area contributed by atoms with Gasteiger partial charge in [-0.2, -0.15) is 0 Å². The van der Waals surface area contributed by atoms with E-state index in [1.165, 1.54) is 0 Å². The molecule has 0 unspecified atom stereocenters. The highest BCUT2D eigenvalue weighted by Gasteiger charge is 2.45. The monoisotopic (exact) mass is 318 g/mol. The predicted molar refractivity (Wildman–Crippen MR) is 85.7 cm³/mol. The quantitative estimate of drug-likeness (QED) is 0.486. The first-order chi connectivity index (χ1) is 10.0. The number of carbonyl (C=O) groups is 2. The molecule has 0 aliphatic rings. The van der Waals surface area contributed by atoms with Crippen molar-refractivity contribution in [1.29, 1.82) is 0 Å². The maximum absolute atomic E-state index is 12.0. The highest BCUT2D eigenvalue weighted by molar-refractivity contribution is 8.20. The van der Waals surface area contributed by atoms with Crippen LogP contribution in [-0.2, 0) is 9.59 Å². The van der Waals surface area contributed by atoms with E-state index in [4.69, 9.17) is 11.5 Å². The van der Waals surface area contributed by atoms with E-state index in [0.717, 1.165) is 33.3 Å². The molecule has 0 radical (unpaired) electrons. The molecule has 0 aliphatic heterocycles. The number of thioether (sulfide) groups is 2. The molecular formula is C15H14N2O2S2. The topological polar surface area (TPSA) is 86.2 Å². The van der Waals surface area contributed by atoms with Gasteiger partial charge >= 0.3 is 0 Å². The number of carbonyl (C=O) groups excluding carboxylic acids is 2. The molecule has 0 aromatic heterocycles. The lowest BCUT2D eigenvalue weighted by atomic mass is 10.3. The number of hydrogen-bond acceptors (Lipinski definition) is 4. The Morgan fingerprint density at radius 1 is 0.714 bits per heavy atom. The first kappa shape index (κ1) is 15.5. The summed E-state index contributed by atoms with van der Waals surface area (Å²) in [6, 6.07) is 18.2. The van der Waals surface area contributed by atoms with Crippen LogP contribution in [0, 0.1) is 0 Å². The van der Waals surface area contributed by atoms with E-state index < -0.39 is 15.9 Å². The van der Waals surface area contributed by atoms with Gasteiger partial charge in [-0.1, -0.05) is 59.9 Å². The molecule has 0 aliphatic carbocycles. The van der Waals surface area contributed by atoms with Crippen molar-refractivity contribution in [3.63, 3.8) is 0 Å². The zero-order valence-electron chi connectivity index (χ0n) is 11.1. The van der Waals surface area contributed by atoms with Gasteiger partial charge in [0, 0.05) is 9.79 Å². The van der Waals surface area contributed by atoms with Crippen LogP contribution in [0.25, 0.3) is 0 Å². The lowest BCUT2D eigenvalue weighted by molar-refractivity contribution is -0.126. The van der Waals surface area contributed by atoms with Crippen molar-refractivity contribution in [2.24, 2.45) is 11.5 Å². The zero-order chi connectivity index (χ0) is 15.3. The second-order valence-electron chi connectivity index (χ2n) is 4.18. The van der Waals surface area contributed by atoms with Crippen LogP contribution in [-0.4, -0.2) is 15.9 Å². The van der Waals surface area contributed by atoms with Crippen LogP contribution < -0.4 is 11.5 Å². The number of nitrogens with two attached hydrogens (primary N) is 2. The minimum atomic E-state index is -1.58. The lowest BCUT2D eigenvalue weighted by Gasteiger charge is -2.25. The smallest absolute Gasteiger partial charge is 0.254 e.